The molecule has 0 bridgehead atoms. The number of halogens is 2. The lowest BCUT2D eigenvalue weighted by Crippen LogP contribution is -2.37. The summed E-state index contributed by atoms with van der Waals surface area (Å²) in [5.74, 6) is -0.554. The highest BCUT2D eigenvalue weighted by atomic mass is 35.5. The Morgan fingerprint density at radius 2 is 2.05 bits per heavy atom. The van der Waals surface area contributed by atoms with E-state index in [1.807, 2.05) is 0 Å². The molecule has 0 radical (unpaired) electrons. The Morgan fingerprint density at radius 3 is 2.58 bits per heavy atom. The van der Waals surface area contributed by atoms with Crippen LogP contribution in [-0.2, 0) is 5.41 Å². The van der Waals surface area contributed by atoms with Gasteiger partial charge in [0.05, 0.1) is 12.1 Å². The monoisotopic (exact) mass is 287 g/mol. The van der Waals surface area contributed by atoms with E-state index >= 15 is 0 Å². The third-order valence-electron chi connectivity index (χ3n) is 4.11. The second kappa shape index (κ2) is 5.55. The predicted octanol–water partition coefficient (Wildman–Crippen LogP) is 3.35. The van der Waals surface area contributed by atoms with E-state index in [2.05, 4.69) is 0 Å². The van der Waals surface area contributed by atoms with Gasteiger partial charge in [-0.25, -0.2) is 4.39 Å². The quantitative estimate of drug-likeness (QED) is 0.896. The molecule has 1 saturated carbocycles. The van der Waals surface area contributed by atoms with E-state index < -0.39 is 11.2 Å². The summed E-state index contributed by atoms with van der Waals surface area (Å²) in [5.41, 5.74) is 5.88. The average molecular weight is 288 g/mol. The van der Waals surface area contributed by atoms with Crippen molar-refractivity contribution < 1.29 is 14.2 Å². The zero-order valence-electron chi connectivity index (χ0n) is 11.0. The number of hydrogen-bond acceptors (Lipinski definition) is 3. The summed E-state index contributed by atoms with van der Waals surface area (Å²) >= 11 is 6.08. The van der Waals surface area contributed by atoms with Gasteiger partial charge in [-0.2, -0.15) is 0 Å². The minimum absolute atomic E-state index is 0.0364. The molecule has 19 heavy (non-hydrogen) atoms. The molecule has 0 saturated heterocycles. The molecule has 1 aliphatic rings. The first kappa shape index (κ1) is 14.4. The van der Waals surface area contributed by atoms with Crippen LogP contribution < -0.4 is 10.5 Å². The summed E-state index contributed by atoms with van der Waals surface area (Å²) in [6.07, 6.45) is 4.76. The van der Waals surface area contributed by atoms with Crippen molar-refractivity contribution in [2.24, 2.45) is 5.73 Å². The number of rotatable bonds is 3. The van der Waals surface area contributed by atoms with Gasteiger partial charge in [-0.3, -0.25) is 0 Å². The van der Waals surface area contributed by atoms with E-state index in [4.69, 9.17) is 22.1 Å². The SMILES string of the molecule is COc1cc(F)c(Cl)c(C2(CN)CCCCC2)c1O. The molecule has 0 aromatic heterocycles. The van der Waals surface area contributed by atoms with Crippen LogP contribution in [0.15, 0.2) is 6.07 Å². The molecular weight excluding hydrogens is 269 g/mol. The molecule has 1 fully saturated rings. The lowest BCUT2D eigenvalue weighted by molar-refractivity contribution is 0.284. The third-order valence-corrected chi connectivity index (χ3v) is 4.48. The molecule has 106 valence electrons. The highest BCUT2D eigenvalue weighted by Crippen LogP contribution is 2.49. The van der Waals surface area contributed by atoms with Gasteiger partial charge in [0.2, 0.25) is 0 Å². The van der Waals surface area contributed by atoms with Crippen molar-refractivity contribution in [2.75, 3.05) is 13.7 Å². The predicted molar refractivity (Wildman–Crippen MR) is 73.4 cm³/mol. The van der Waals surface area contributed by atoms with E-state index in [1.54, 1.807) is 0 Å². The zero-order chi connectivity index (χ0) is 14.0. The number of benzene rings is 1. The summed E-state index contributed by atoms with van der Waals surface area (Å²) in [5, 5.41) is 10.3. The number of phenolic OH excluding ortho intramolecular Hbond substituents is 1. The van der Waals surface area contributed by atoms with E-state index in [0.717, 1.165) is 38.2 Å². The van der Waals surface area contributed by atoms with Crippen LogP contribution in [0.2, 0.25) is 5.02 Å². The standard InChI is InChI=1S/C14H19ClFNO2/c1-19-10-7-9(16)12(15)11(13(10)18)14(8-17)5-3-2-4-6-14/h7,18H,2-6,8,17H2,1H3. The summed E-state index contributed by atoms with van der Waals surface area (Å²) < 4.78 is 18.9. The second-order valence-corrected chi connectivity index (χ2v) is 5.52. The molecule has 2 rings (SSSR count). The van der Waals surface area contributed by atoms with Gasteiger partial charge in [0, 0.05) is 23.6 Å². The van der Waals surface area contributed by atoms with Gasteiger partial charge in [0.15, 0.2) is 11.5 Å². The first-order valence-electron chi connectivity index (χ1n) is 6.51. The molecule has 5 heteroatoms. The van der Waals surface area contributed by atoms with Crippen LogP contribution in [0.25, 0.3) is 0 Å². The fraction of sp³-hybridized carbons (Fsp3) is 0.571. The third kappa shape index (κ3) is 2.39. The van der Waals surface area contributed by atoms with Crippen LogP contribution in [0.1, 0.15) is 37.7 Å². The fourth-order valence-electron chi connectivity index (χ4n) is 3.02. The first-order chi connectivity index (χ1) is 9.05. The molecule has 3 nitrogen and oxygen atoms in total. The Morgan fingerprint density at radius 1 is 1.42 bits per heavy atom. The smallest absolute Gasteiger partial charge is 0.163 e. The molecule has 0 atom stereocenters. The highest BCUT2D eigenvalue weighted by Gasteiger charge is 2.38. The molecule has 1 aromatic carbocycles. The van der Waals surface area contributed by atoms with Gasteiger partial charge in [0.1, 0.15) is 5.82 Å². The van der Waals surface area contributed by atoms with Crippen LogP contribution in [0.5, 0.6) is 11.5 Å². The number of nitrogens with two attached hydrogens (primary N) is 1. The summed E-state index contributed by atoms with van der Waals surface area (Å²) in [7, 11) is 1.39. The van der Waals surface area contributed by atoms with Crippen molar-refractivity contribution in [3.8, 4) is 11.5 Å². The second-order valence-electron chi connectivity index (χ2n) is 5.14. The molecule has 3 N–H and O–H groups in total. The number of methoxy groups -OCH3 is 1. The Kier molecular flexibility index (Phi) is 4.21. The van der Waals surface area contributed by atoms with Crippen LogP contribution in [0.3, 0.4) is 0 Å². The molecule has 1 aliphatic carbocycles. The Labute approximate surface area is 117 Å². The molecule has 1 aromatic rings. The van der Waals surface area contributed by atoms with E-state index in [-0.39, 0.29) is 16.5 Å². The van der Waals surface area contributed by atoms with Crippen molar-refractivity contribution in [3.63, 3.8) is 0 Å². The van der Waals surface area contributed by atoms with Gasteiger partial charge in [-0.1, -0.05) is 30.9 Å². The lowest BCUT2D eigenvalue weighted by Gasteiger charge is -2.38. The van der Waals surface area contributed by atoms with Crippen LogP contribution in [0.4, 0.5) is 4.39 Å². The zero-order valence-corrected chi connectivity index (χ0v) is 11.8. The molecule has 0 amide bonds. The van der Waals surface area contributed by atoms with Crippen molar-refractivity contribution >= 4 is 11.6 Å². The molecular formula is C14H19ClFNO2. The topological polar surface area (TPSA) is 55.5 Å². The highest BCUT2D eigenvalue weighted by molar-refractivity contribution is 6.32. The number of hydrogen-bond donors (Lipinski definition) is 2. The van der Waals surface area contributed by atoms with Gasteiger partial charge in [-0.05, 0) is 12.8 Å². The maximum Gasteiger partial charge on any atom is 0.163 e. The molecule has 0 heterocycles. The number of ether oxygens (including phenoxy) is 1. The largest absolute Gasteiger partial charge is 0.504 e. The van der Waals surface area contributed by atoms with Crippen LogP contribution >= 0.6 is 11.6 Å². The average Bonchev–Trinajstić information content (AvgIpc) is 2.44. The van der Waals surface area contributed by atoms with Crippen molar-refractivity contribution in [1.29, 1.82) is 0 Å². The normalized spacial score (nSPS) is 18.3. The van der Waals surface area contributed by atoms with E-state index in [9.17, 15) is 9.50 Å². The van der Waals surface area contributed by atoms with Crippen molar-refractivity contribution in [3.05, 3.63) is 22.5 Å². The van der Waals surface area contributed by atoms with Crippen molar-refractivity contribution in [1.82, 2.24) is 0 Å². The maximum absolute atomic E-state index is 13.9. The van der Waals surface area contributed by atoms with Crippen LogP contribution in [-0.4, -0.2) is 18.8 Å². The summed E-state index contributed by atoms with van der Waals surface area (Å²) in [6, 6.07) is 1.11. The lowest BCUT2D eigenvalue weighted by atomic mass is 9.69. The first-order valence-corrected chi connectivity index (χ1v) is 6.89. The number of aromatic hydroxyl groups is 1. The minimum atomic E-state index is -0.579. The Bertz CT molecular complexity index is 473. The van der Waals surface area contributed by atoms with Gasteiger partial charge >= 0.3 is 0 Å². The van der Waals surface area contributed by atoms with Crippen molar-refractivity contribution in [2.45, 2.75) is 37.5 Å². The van der Waals surface area contributed by atoms with E-state index in [1.165, 1.54) is 7.11 Å². The molecule has 0 unspecified atom stereocenters. The summed E-state index contributed by atoms with van der Waals surface area (Å²) in [6.45, 7) is 0.340. The minimum Gasteiger partial charge on any atom is -0.504 e. The molecule has 0 spiro atoms. The molecule has 0 aliphatic heterocycles. The summed E-state index contributed by atoms with van der Waals surface area (Å²) in [4.78, 5) is 0. The Hall–Kier alpha value is -1.00. The maximum atomic E-state index is 13.9. The van der Waals surface area contributed by atoms with Gasteiger partial charge < -0.3 is 15.6 Å². The number of phenols is 1. The van der Waals surface area contributed by atoms with Gasteiger partial charge in [0.25, 0.3) is 0 Å². The van der Waals surface area contributed by atoms with Crippen LogP contribution in [0, 0.1) is 5.82 Å². The fourth-order valence-corrected chi connectivity index (χ4v) is 3.36. The van der Waals surface area contributed by atoms with Gasteiger partial charge in [-0.15, -0.1) is 0 Å². The van der Waals surface area contributed by atoms with E-state index in [0.29, 0.717) is 12.1 Å². The Balaban J connectivity index is 2.62.